The van der Waals surface area contributed by atoms with E-state index in [2.05, 4.69) is 0 Å². The maximum Gasteiger partial charge on any atom is 0.241 e. The molecule has 110 valence electrons. The van der Waals surface area contributed by atoms with Gasteiger partial charge in [0.25, 0.3) is 0 Å². The molecule has 1 aromatic carbocycles. The average molecular weight is 281 g/mol. The lowest BCUT2D eigenvalue weighted by molar-refractivity contribution is -0.129. The van der Waals surface area contributed by atoms with E-state index in [0.29, 0.717) is 24.5 Å². The molecule has 20 heavy (non-hydrogen) atoms. The van der Waals surface area contributed by atoms with Crippen LogP contribution in [0, 0.1) is 5.82 Å². The molecule has 0 radical (unpaired) electrons. The molecular weight excluding hydrogens is 261 g/mol. The molecule has 2 rings (SSSR count). The number of halogens is 1. The summed E-state index contributed by atoms with van der Waals surface area (Å²) in [6.45, 7) is 5.19. The molecule has 0 saturated carbocycles. The zero-order valence-electron chi connectivity index (χ0n) is 12.0. The molecule has 2 N–H and O–H groups in total. The van der Waals surface area contributed by atoms with Crippen molar-refractivity contribution >= 4 is 17.3 Å². The molecule has 6 heteroatoms. The van der Waals surface area contributed by atoms with Gasteiger partial charge in [-0.1, -0.05) is 0 Å². The summed E-state index contributed by atoms with van der Waals surface area (Å²) >= 11 is 0. The number of hydrogen-bond donors (Lipinski definition) is 1. The number of hydrogen-bond acceptors (Lipinski definition) is 4. The molecular formula is C14H20FN3O2. The van der Waals surface area contributed by atoms with Crippen molar-refractivity contribution in [2.75, 3.05) is 37.3 Å². The summed E-state index contributed by atoms with van der Waals surface area (Å²) in [6, 6.07) is 2.82. The van der Waals surface area contributed by atoms with Crippen molar-refractivity contribution in [2.45, 2.75) is 20.0 Å². The lowest BCUT2D eigenvalue weighted by Crippen LogP contribution is -2.48. The van der Waals surface area contributed by atoms with E-state index in [1.165, 1.54) is 6.07 Å². The molecule has 0 aromatic heterocycles. The Morgan fingerprint density at radius 2 is 2.05 bits per heavy atom. The summed E-state index contributed by atoms with van der Waals surface area (Å²) in [5.41, 5.74) is 6.83. The van der Waals surface area contributed by atoms with Crippen LogP contribution in [0.25, 0.3) is 0 Å². The van der Waals surface area contributed by atoms with Crippen LogP contribution in [0.4, 0.5) is 15.8 Å². The number of nitrogens with zero attached hydrogens (tertiary/aromatic N) is 2. The Kier molecular flexibility index (Phi) is 4.01. The Balaban J connectivity index is 2.29. The van der Waals surface area contributed by atoms with Crippen LogP contribution >= 0.6 is 0 Å². The van der Waals surface area contributed by atoms with Crippen LogP contribution in [0.1, 0.15) is 13.8 Å². The van der Waals surface area contributed by atoms with E-state index in [-0.39, 0.29) is 24.3 Å². The quantitative estimate of drug-likeness (QED) is 0.852. The Morgan fingerprint density at radius 3 is 2.65 bits per heavy atom. The Morgan fingerprint density at radius 1 is 1.35 bits per heavy atom. The van der Waals surface area contributed by atoms with E-state index in [1.54, 1.807) is 18.0 Å². The average Bonchev–Trinajstić information content (AvgIpc) is 2.36. The fourth-order valence-electron chi connectivity index (χ4n) is 2.14. The lowest BCUT2D eigenvalue weighted by Gasteiger charge is -2.34. The van der Waals surface area contributed by atoms with Crippen LogP contribution in [0.15, 0.2) is 12.1 Å². The van der Waals surface area contributed by atoms with Gasteiger partial charge >= 0.3 is 0 Å². The monoisotopic (exact) mass is 281 g/mol. The summed E-state index contributed by atoms with van der Waals surface area (Å²) in [6.07, 6.45) is -0.130. The highest BCUT2D eigenvalue weighted by Gasteiger charge is 2.24. The van der Waals surface area contributed by atoms with Gasteiger partial charge in [-0.25, -0.2) is 4.39 Å². The van der Waals surface area contributed by atoms with Crippen LogP contribution in [-0.2, 0) is 4.79 Å². The maximum atomic E-state index is 13.8. The second-order valence-corrected chi connectivity index (χ2v) is 5.24. The summed E-state index contributed by atoms with van der Waals surface area (Å²) in [5.74, 6) is -0.303. The second kappa shape index (κ2) is 5.56. The molecule has 0 bridgehead atoms. The summed E-state index contributed by atoms with van der Waals surface area (Å²) in [4.78, 5) is 15.3. The second-order valence-electron chi connectivity index (χ2n) is 5.24. The van der Waals surface area contributed by atoms with Crippen LogP contribution < -0.4 is 15.4 Å². The molecule has 0 unspecified atom stereocenters. The smallest absolute Gasteiger partial charge is 0.241 e. The summed E-state index contributed by atoms with van der Waals surface area (Å²) < 4.78 is 19.2. The van der Waals surface area contributed by atoms with Gasteiger partial charge in [0, 0.05) is 32.3 Å². The van der Waals surface area contributed by atoms with Gasteiger partial charge in [0.1, 0.15) is 0 Å². The van der Waals surface area contributed by atoms with Gasteiger partial charge in [-0.15, -0.1) is 0 Å². The third kappa shape index (κ3) is 2.95. The number of benzene rings is 1. The number of ether oxygens (including phenoxy) is 1. The predicted molar refractivity (Wildman–Crippen MR) is 76.4 cm³/mol. The van der Waals surface area contributed by atoms with Gasteiger partial charge < -0.3 is 20.3 Å². The zero-order chi connectivity index (χ0) is 14.9. The molecule has 1 aromatic rings. The minimum atomic E-state index is -0.486. The Hall–Kier alpha value is -1.98. The molecule has 1 aliphatic rings. The highest BCUT2D eigenvalue weighted by Crippen LogP contribution is 2.32. The summed E-state index contributed by atoms with van der Waals surface area (Å²) in [5, 5.41) is 0. The normalized spacial score (nSPS) is 15.9. The van der Waals surface area contributed by atoms with E-state index in [1.807, 2.05) is 18.7 Å². The number of carbonyl (C=O) groups is 1. The van der Waals surface area contributed by atoms with Crippen molar-refractivity contribution in [3.8, 4) is 5.75 Å². The first-order valence-electron chi connectivity index (χ1n) is 6.63. The molecule has 1 heterocycles. The minimum Gasteiger partial charge on any atom is -0.488 e. The SMILES string of the molecule is CC(C)Oc1cc(N2CCN(C)C(=O)C2)c(N)cc1F. The van der Waals surface area contributed by atoms with Gasteiger partial charge in [-0.2, -0.15) is 0 Å². The number of anilines is 2. The molecule has 1 amide bonds. The van der Waals surface area contributed by atoms with Crippen LogP contribution in [0.3, 0.4) is 0 Å². The minimum absolute atomic E-state index is 0.0197. The van der Waals surface area contributed by atoms with Crippen molar-refractivity contribution in [3.05, 3.63) is 17.9 Å². The fraction of sp³-hybridized carbons (Fsp3) is 0.500. The zero-order valence-corrected chi connectivity index (χ0v) is 12.0. The first-order chi connectivity index (χ1) is 9.38. The number of likely N-dealkylation sites (N-methyl/N-ethyl adjacent to an activating group) is 1. The van der Waals surface area contributed by atoms with Gasteiger partial charge in [-0.05, 0) is 13.8 Å². The van der Waals surface area contributed by atoms with Crippen molar-refractivity contribution in [2.24, 2.45) is 0 Å². The number of nitrogens with two attached hydrogens (primary N) is 1. The van der Waals surface area contributed by atoms with Crippen LogP contribution in [-0.4, -0.2) is 43.6 Å². The maximum absolute atomic E-state index is 13.8. The fourth-order valence-corrected chi connectivity index (χ4v) is 2.14. The number of piperazine rings is 1. The number of amides is 1. The highest BCUT2D eigenvalue weighted by atomic mass is 19.1. The predicted octanol–water partition coefficient (Wildman–Crippen LogP) is 1.47. The highest BCUT2D eigenvalue weighted by molar-refractivity contribution is 5.84. The molecule has 1 saturated heterocycles. The number of rotatable bonds is 3. The molecule has 5 nitrogen and oxygen atoms in total. The lowest BCUT2D eigenvalue weighted by atomic mass is 10.2. The van der Waals surface area contributed by atoms with Gasteiger partial charge in [0.15, 0.2) is 11.6 Å². The molecule has 1 fully saturated rings. The first-order valence-corrected chi connectivity index (χ1v) is 6.63. The van der Waals surface area contributed by atoms with Crippen molar-refractivity contribution in [3.63, 3.8) is 0 Å². The van der Waals surface area contributed by atoms with E-state index < -0.39 is 5.82 Å². The Bertz CT molecular complexity index is 519. The van der Waals surface area contributed by atoms with E-state index in [9.17, 15) is 9.18 Å². The molecule has 1 aliphatic heterocycles. The topological polar surface area (TPSA) is 58.8 Å². The number of nitrogen functional groups attached to an aromatic ring is 1. The van der Waals surface area contributed by atoms with E-state index in [0.717, 1.165) is 0 Å². The Labute approximate surface area is 118 Å². The largest absolute Gasteiger partial charge is 0.488 e. The summed E-state index contributed by atoms with van der Waals surface area (Å²) in [7, 11) is 1.76. The van der Waals surface area contributed by atoms with Gasteiger partial charge in [-0.3, -0.25) is 4.79 Å². The van der Waals surface area contributed by atoms with Crippen LogP contribution in [0.2, 0.25) is 0 Å². The van der Waals surface area contributed by atoms with Gasteiger partial charge in [0.05, 0.1) is 24.0 Å². The third-order valence-electron chi connectivity index (χ3n) is 3.24. The van der Waals surface area contributed by atoms with Crippen molar-refractivity contribution in [1.82, 2.24) is 4.90 Å². The van der Waals surface area contributed by atoms with Gasteiger partial charge in [0.2, 0.25) is 5.91 Å². The van der Waals surface area contributed by atoms with Crippen molar-refractivity contribution < 1.29 is 13.9 Å². The molecule has 0 aliphatic carbocycles. The standard InChI is InChI=1S/C14H20FN3O2/c1-9(2)20-13-7-12(11(16)6-10(13)15)18-5-4-17(3)14(19)8-18/h6-7,9H,4-5,8,16H2,1-3H3. The van der Waals surface area contributed by atoms with Crippen LogP contribution in [0.5, 0.6) is 5.75 Å². The first kappa shape index (κ1) is 14.4. The van der Waals surface area contributed by atoms with Crippen molar-refractivity contribution in [1.29, 1.82) is 0 Å². The third-order valence-corrected chi connectivity index (χ3v) is 3.24. The number of carbonyl (C=O) groups excluding carboxylic acids is 1. The molecule has 0 spiro atoms. The molecule has 0 atom stereocenters. The van der Waals surface area contributed by atoms with E-state index in [4.69, 9.17) is 10.5 Å². The van der Waals surface area contributed by atoms with E-state index >= 15 is 0 Å².